The third-order valence-corrected chi connectivity index (χ3v) is 2.50. The number of nitrogen functional groups attached to an aromatic ring is 1. The first-order chi connectivity index (χ1) is 5.33. The minimum atomic E-state index is 0.761. The Morgan fingerprint density at radius 2 is 2.64 bits per heavy atom. The third kappa shape index (κ3) is 2.98. The molecule has 3 nitrogen and oxygen atoms in total. The van der Waals surface area contributed by atoms with Crippen molar-refractivity contribution < 1.29 is 0 Å². The van der Waals surface area contributed by atoms with Crippen molar-refractivity contribution in [3.63, 3.8) is 0 Å². The van der Waals surface area contributed by atoms with Crippen LogP contribution in [0.5, 0.6) is 0 Å². The number of anilines is 2. The molecule has 62 valence electrons. The van der Waals surface area contributed by atoms with Crippen molar-refractivity contribution in [1.29, 1.82) is 0 Å². The van der Waals surface area contributed by atoms with Crippen LogP contribution >= 0.6 is 23.1 Å². The molecule has 0 radical (unpaired) electrons. The van der Waals surface area contributed by atoms with Gasteiger partial charge in [-0.2, -0.15) is 11.8 Å². The van der Waals surface area contributed by atoms with E-state index in [0.717, 1.165) is 22.4 Å². The van der Waals surface area contributed by atoms with Gasteiger partial charge in [-0.1, -0.05) is 11.3 Å². The van der Waals surface area contributed by atoms with Crippen LogP contribution in [0.1, 0.15) is 0 Å². The molecule has 0 atom stereocenters. The molecule has 11 heavy (non-hydrogen) atoms. The Morgan fingerprint density at radius 1 is 1.82 bits per heavy atom. The van der Waals surface area contributed by atoms with E-state index in [4.69, 9.17) is 5.73 Å². The molecular formula is C6H11N3S2. The number of nitrogens with zero attached hydrogens (tertiary/aromatic N) is 1. The van der Waals surface area contributed by atoms with Crippen molar-refractivity contribution >= 4 is 33.2 Å². The number of thiazole rings is 1. The molecule has 5 heteroatoms. The second-order valence-electron chi connectivity index (χ2n) is 1.99. The van der Waals surface area contributed by atoms with Crippen LogP contribution in [0.3, 0.4) is 0 Å². The fraction of sp³-hybridized carbons (Fsp3) is 0.500. The van der Waals surface area contributed by atoms with Gasteiger partial charge < -0.3 is 11.1 Å². The fourth-order valence-corrected chi connectivity index (χ4v) is 1.54. The molecule has 0 aliphatic carbocycles. The van der Waals surface area contributed by atoms with E-state index in [1.807, 2.05) is 11.8 Å². The van der Waals surface area contributed by atoms with Crippen LogP contribution in [0.4, 0.5) is 10.1 Å². The number of rotatable bonds is 4. The van der Waals surface area contributed by atoms with E-state index in [0.29, 0.717) is 0 Å². The quantitative estimate of drug-likeness (QED) is 0.705. The molecule has 1 aromatic rings. The van der Waals surface area contributed by atoms with E-state index >= 15 is 0 Å². The second kappa shape index (κ2) is 4.46. The standard InChI is InChI=1S/C6H11N3S2/c1-10-3-2-8-6-9-4-5(7)11-6/h4H,2-3,7H2,1H3,(H,8,9). The summed E-state index contributed by atoms with van der Waals surface area (Å²) >= 11 is 3.30. The number of nitrogens with two attached hydrogens (primary N) is 1. The van der Waals surface area contributed by atoms with Crippen LogP contribution in [0.2, 0.25) is 0 Å². The van der Waals surface area contributed by atoms with E-state index in [1.165, 1.54) is 11.3 Å². The van der Waals surface area contributed by atoms with Crippen molar-refractivity contribution in [3.8, 4) is 0 Å². The van der Waals surface area contributed by atoms with Gasteiger partial charge in [0.25, 0.3) is 0 Å². The molecule has 0 saturated carbocycles. The van der Waals surface area contributed by atoms with Gasteiger partial charge in [0.15, 0.2) is 5.13 Å². The molecule has 0 saturated heterocycles. The Hall–Kier alpha value is -0.420. The van der Waals surface area contributed by atoms with Crippen LogP contribution in [0.15, 0.2) is 6.20 Å². The largest absolute Gasteiger partial charge is 0.389 e. The van der Waals surface area contributed by atoms with Gasteiger partial charge in [-0.25, -0.2) is 4.98 Å². The lowest BCUT2D eigenvalue weighted by atomic mass is 10.7. The fourth-order valence-electron chi connectivity index (χ4n) is 0.628. The van der Waals surface area contributed by atoms with Crippen LogP contribution in [-0.4, -0.2) is 23.5 Å². The lowest BCUT2D eigenvalue weighted by Gasteiger charge is -1.97. The van der Waals surface area contributed by atoms with Crippen LogP contribution in [0, 0.1) is 0 Å². The average molecular weight is 189 g/mol. The first kappa shape index (κ1) is 8.67. The summed E-state index contributed by atoms with van der Waals surface area (Å²) in [6.07, 6.45) is 3.75. The summed E-state index contributed by atoms with van der Waals surface area (Å²) in [5.41, 5.74) is 5.49. The van der Waals surface area contributed by atoms with Crippen LogP contribution in [0.25, 0.3) is 0 Å². The van der Waals surface area contributed by atoms with Crippen LogP contribution < -0.4 is 11.1 Å². The summed E-state index contributed by atoms with van der Waals surface area (Å²) < 4.78 is 0. The SMILES string of the molecule is CSCCNc1ncc(N)s1. The molecule has 0 unspecified atom stereocenters. The van der Waals surface area contributed by atoms with Crippen molar-refractivity contribution in [2.45, 2.75) is 0 Å². The Labute approximate surface area is 74.4 Å². The van der Waals surface area contributed by atoms with Gasteiger partial charge in [0.2, 0.25) is 0 Å². The van der Waals surface area contributed by atoms with E-state index in [2.05, 4.69) is 16.6 Å². The second-order valence-corrected chi connectivity index (χ2v) is 4.04. The minimum Gasteiger partial charge on any atom is -0.389 e. The number of aromatic nitrogens is 1. The summed E-state index contributed by atoms with van der Waals surface area (Å²) in [5, 5.41) is 4.85. The summed E-state index contributed by atoms with van der Waals surface area (Å²) in [6.45, 7) is 0.952. The van der Waals surface area contributed by atoms with Gasteiger partial charge in [-0.15, -0.1) is 0 Å². The molecule has 0 aliphatic rings. The predicted octanol–water partition coefficient (Wildman–Crippen LogP) is 1.50. The third-order valence-electron chi connectivity index (χ3n) is 1.11. The van der Waals surface area contributed by atoms with Gasteiger partial charge in [0.1, 0.15) is 5.00 Å². The molecule has 1 heterocycles. The topological polar surface area (TPSA) is 50.9 Å². The monoisotopic (exact) mass is 189 g/mol. The molecule has 0 fully saturated rings. The molecule has 0 aliphatic heterocycles. The highest BCUT2D eigenvalue weighted by Gasteiger charge is 1.95. The number of hydrogen-bond donors (Lipinski definition) is 2. The Balaban J connectivity index is 2.27. The van der Waals surface area contributed by atoms with Crippen molar-refractivity contribution in [3.05, 3.63) is 6.20 Å². The molecule has 0 amide bonds. The van der Waals surface area contributed by atoms with Gasteiger partial charge in [0.05, 0.1) is 6.20 Å². The van der Waals surface area contributed by atoms with E-state index < -0.39 is 0 Å². The Bertz CT molecular complexity index is 211. The van der Waals surface area contributed by atoms with E-state index in [9.17, 15) is 0 Å². The first-order valence-electron chi connectivity index (χ1n) is 3.27. The predicted molar refractivity (Wildman–Crippen MR) is 53.4 cm³/mol. The van der Waals surface area contributed by atoms with Crippen molar-refractivity contribution in [2.75, 3.05) is 29.6 Å². The maximum atomic E-state index is 5.49. The summed E-state index contributed by atoms with van der Waals surface area (Å²) in [4.78, 5) is 4.06. The van der Waals surface area contributed by atoms with Gasteiger partial charge in [-0.05, 0) is 6.26 Å². The van der Waals surface area contributed by atoms with Crippen molar-refractivity contribution in [1.82, 2.24) is 4.98 Å². The smallest absolute Gasteiger partial charge is 0.184 e. The highest BCUT2D eigenvalue weighted by molar-refractivity contribution is 7.98. The van der Waals surface area contributed by atoms with Gasteiger partial charge in [0, 0.05) is 12.3 Å². The van der Waals surface area contributed by atoms with Gasteiger partial charge in [-0.3, -0.25) is 0 Å². The van der Waals surface area contributed by atoms with E-state index in [1.54, 1.807) is 6.20 Å². The lowest BCUT2D eigenvalue weighted by Crippen LogP contribution is -2.02. The molecule has 1 aromatic heterocycles. The number of hydrogen-bond acceptors (Lipinski definition) is 5. The minimum absolute atomic E-state index is 0.761. The zero-order chi connectivity index (χ0) is 8.10. The molecule has 0 aromatic carbocycles. The molecule has 0 spiro atoms. The number of thioether (sulfide) groups is 1. The average Bonchev–Trinajstić information content (AvgIpc) is 2.37. The molecule has 1 rings (SSSR count). The van der Waals surface area contributed by atoms with Crippen LogP contribution in [-0.2, 0) is 0 Å². The Kier molecular flexibility index (Phi) is 3.51. The van der Waals surface area contributed by atoms with Gasteiger partial charge >= 0.3 is 0 Å². The first-order valence-corrected chi connectivity index (χ1v) is 5.48. The highest BCUT2D eigenvalue weighted by atomic mass is 32.2. The van der Waals surface area contributed by atoms with E-state index in [-0.39, 0.29) is 0 Å². The zero-order valence-electron chi connectivity index (χ0n) is 6.33. The molecule has 3 N–H and O–H groups in total. The summed E-state index contributed by atoms with van der Waals surface area (Å²) in [6, 6.07) is 0. The molecule has 0 bridgehead atoms. The summed E-state index contributed by atoms with van der Waals surface area (Å²) in [5.74, 6) is 1.10. The maximum Gasteiger partial charge on any atom is 0.184 e. The molecular weight excluding hydrogens is 178 g/mol. The zero-order valence-corrected chi connectivity index (χ0v) is 7.97. The summed E-state index contributed by atoms with van der Waals surface area (Å²) in [7, 11) is 0. The number of nitrogens with one attached hydrogen (secondary N) is 1. The lowest BCUT2D eigenvalue weighted by molar-refractivity contribution is 1.21. The highest BCUT2D eigenvalue weighted by Crippen LogP contribution is 2.18. The Morgan fingerprint density at radius 3 is 3.18 bits per heavy atom. The van der Waals surface area contributed by atoms with Crippen molar-refractivity contribution in [2.24, 2.45) is 0 Å². The maximum absolute atomic E-state index is 5.49. The normalized spacial score (nSPS) is 9.91.